The Morgan fingerprint density at radius 2 is 2.00 bits per heavy atom. The van der Waals surface area contributed by atoms with Gasteiger partial charge >= 0.3 is 0 Å². The van der Waals surface area contributed by atoms with E-state index in [2.05, 4.69) is 59.0 Å². The van der Waals surface area contributed by atoms with Crippen molar-refractivity contribution >= 4 is 45.2 Å². The van der Waals surface area contributed by atoms with E-state index in [1.54, 1.807) is 0 Å². The molecule has 0 aromatic rings. The van der Waals surface area contributed by atoms with Crippen LogP contribution in [0.25, 0.3) is 0 Å². The summed E-state index contributed by atoms with van der Waals surface area (Å²) in [5.74, 6) is 0. The van der Waals surface area contributed by atoms with Crippen LogP contribution in [0.15, 0.2) is 0 Å². The standard InChI is InChI=1S/C5H9I2/c1-3-5(7)4(2)6/h4-5H,1,3H2,2H3. The molecular weight excluding hydrogens is 314 g/mol. The molecule has 0 saturated carbocycles. The second-order valence-electron chi connectivity index (χ2n) is 1.48. The highest BCUT2D eigenvalue weighted by molar-refractivity contribution is 14.1. The minimum atomic E-state index is 0.748. The topological polar surface area (TPSA) is 0 Å². The summed E-state index contributed by atoms with van der Waals surface area (Å²) in [5, 5.41) is 0. The Morgan fingerprint density at radius 3 is 2.00 bits per heavy atom. The zero-order chi connectivity index (χ0) is 5.86. The van der Waals surface area contributed by atoms with Crippen molar-refractivity contribution in [3.63, 3.8) is 0 Å². The summed E-state index contributed by atoms with van der Waals surface area (Å²) >= 11 is 4.85. The first-order valence-corrected chi connectivity index (χ1v) is 4.75. The van der Waals surface area contributed by atoms with Crippen LogP contribution in [0.5, 0.6) is 0 Å². The third-order valence-electron chi connectivity index (χ3n) is 0.774. The maximum absolute atomic E-state index is 3.79. The van der Waals surface area contributed by atoms with Gasteiger partial charge in [0.1, 0.15) is 0 Å². The minimum absolute atomic E-state index is 0.748. The van der Waals surface area contributed by atoms with E-state index >= 15 is 0 Å². The van der Waals surface area contributed by atoms with E-state index in [9.17, 15) is 0 Å². The highest BCUT2D eigenvalue weighted by Gasteiger charge is 2.05. The molecule has 0 nitrogen and oxygen atoms in total. The number of alkyl halides is 2. The van der Waals surface area contributed by atoms with E-state index in [1.807, 2.05) is 0 Å². The van der Waals surface area contributed by atoms with Gasteiger partial charge in [-0.25, -0.2) is 0 Å². The average molecular weight is 323 g/mol. The number of hydrogen-bond donors (Lipinski definition) is 0. The van der Waals surface area contributed by atoms with Crippen molar-refractivity contribution in [2.75, 3.05) is 0 Å². The Morgan fingerprint density at radius 1 is 1.57 bits per heavy atom. The summed E-state index contributed by atoms with van der Waals surface area (Å²) in [6.45, 7) is 6.01. The van der Waals surface area contributed by atoms with Crippen molar-refractivity contribution in [3.05, 3.63) is 6.92 Å². The lowest BCUT2D eigenvalue weighted by atomic mass is 10.3. The van der Waals surface area contributed by atoms with Gasteiger partial charge in [0.05, 0.1) is 0 Å². The van der Waals surface area contributed by atoms with E-state index in [0.717, 1.165) is 14.3 Å². The molecule has 2 unspecified atom stereocenters. The molecule has 7 heavy (non-hydrogen) atoms. The van der Waals surface area contributed by atoms with Gasteiger partial charge in [-0.1, -0.05) is 59.0 Å². The number of rotatable bonds is 2. The van der Waals surface area contributed by atoms with Crippen LogP contribution in [0.3, 0.4) is 0 Å². The van der Waals surface area contributed by atoms with E-state index in [-0.39, 0.29) is 0 Å². The summed E-state index contributed by atoms with van der Waals surface area (Å²) in [4.78, 5) is 0. The molecule has 2 heteroatoms. The molecule has 0 bridgehead atoms. The van der Waals surface area contributed by atoms with E-state index in [0.29, 0.717) is 0 Å². The second kappa shape index (κ2) is 4.35. The normalized spacial score (nSPS) is 18.9. The molecule has 1 radical (unpaired) electrons. The molecule has 0 aliphatic heterocycles. The van der Waals surface area contributed by atoms with Gasteiger partial charge in [0.15, 0.2) is 0 Å². The molecule has 0 amide bonds. The van der Waals surface area contributed by atoms with Crippen LogP contribution in [0.1, 0.15) is 13.3 Å². The van der Waals surface area contributed by atoms with E-state index in [1.165, 1.54) is 0 Å². The Kier molecular flexibility index (Phi) is 5.26. The van der Waals surface area contributed by atoms with Crippen molar-refractivity contribution in [2.24, 2.45) is 0 Å². The largest absolute Gasteiger partial charge is 0.0818 e. The highest BCUT2D eigenvalue weighted by atomic mass is 127. The molecule has 0 saturated heterocycles. The van der Waals surface area contributed by atoms with Gasteiger partial charge in [-0.3, -0.25) is 0 Å². The zero-order valence-corrected chi connectivity index (χ0v) is 8.64. The van der Waals surface area contributed by atoms with Gasteiger partial charge in [-0.2, -0.15) is 0 Å². The third kappa shape index (κ3) is 4.00. The highest BCUT2D eigenvalue weighted by Crippen LogP contribution is 2.16. The molecule has 0 fully saturated rings. The number of halogens is 2. The molecule has 0 aliphatic rings. The summed E-state index contributed by atoms with van der Waals surface area (Å²) < 4.78 is 1.51. The first-order valence-electron chi connectivity index (χ1n) is 2.26. The maximum atomic E-state index is 3.79. The smallest absolute Gasteiger partial charge is 0.0225 e. The van der Waals surface area contributed by atoms with E-state index < -0.39 is 0 Å². The first-order chi connectivity index (χ1) is 3.18. The Balaban J connectivity index is 3.14. The fourth-order valence-corrected chi connectivity index (χ4v) is 0.589. The lowest BCUT2D eigenvalue weighted by molar-refractivity contribution is 0.908. The molecule has 0 N–H and O–H groups in total. The van der Waals surface area contributed by atoms with Crippen molar-refractivity contribution in [2.45, 2.75) is 21.2 Å². The third-order valence-corrected chi connectivity index (χ3v) is 4.72. The average Bonchev–Trinajstić information content (AvgIpc) is 1.65. The second-order valence-corrected chi connectivity index (χ2v) is 5.05. The molecular formula is C5H9I2. The van der Waals surface area contributed by atoms with Crippen molar-refractivity contribution in [1.82, 2.24) is 0 Å². The summed E-state index contributed by atoms with van der Waals surface area (Å²) in [7, 11) is 0. The van der Waals surface area contributed by atoms with Crippen LogP contribution in [0, 0.1) is 6.92 Å². The quantitative estimate of drug-likeness (QED) is 0.542. The predicted molar refractivity (Wildman–Crippen MR) is 51.3 cm³/mol. The monoisotopic (exact) mass is 323 g/mol. The molecule has 2 atom stereocenters. The molecule has 0 spiro atoms. The fourth-order valence-electron chi connectivity index (χ4n) is 0.230. The molecule has 0 rings (SSSR count). The molecule has 0 heterocycles. The van der Waals surface area contributed by atoms with Crippen LogP contribution in [0.4, 0.5) is 0 Å². The van der Waals surface area contributed by atoms with Gasteiger partial charge < -0.3 is 0 Å². The SMILES string of the molecule is [CH2]CC(I)C(C)I. The minimum Gasteiger partial charge on any atom is -0.0818 e. The van der Waals surface area contributed by atoms with Gasteiger partial charge in [-0.05, 0) is 6.42 Å². The van der Waals surface area contributed by atoms with E-state index in [4.69, 9.17) is 0 Å². The molecule has 0 aromatic heterocycles. The summed E-state index contributed by atoms with van der Waals surface area (Å²) in [6, 6.07) is 0. The van der Waals surface area contributed by atoms with Crippen molar-refractivity contribution in [1.29, 1.82) is 0 Å². The number of hydrogen-bond acceptors (Lipinski definition) is 0. The van der Waals surface area contributed by atoms with Crippen LogP contribution >= 0.6 is 45.2 Å². The van der Waals surface area contributed by atoms with Crippen molar-refractivity contribution < 1.29 is 0 Å². The van der Waals surface area contributed by atoms with Gasteiger partial charge in [0.2, 0.25) is 0 Å². The first kappa shape index (κ1) is 8.46. The Hall–Kier alpha value is 1.46. The summed E-state index contributed by atoms with van der Waals surface area (Å²) in [5.41, 5.74) is 0. The fraction of sp³-hybridized carbons (Fsp3) is 0.800. The Labute approximate surface area is 72.7 Å². The van der Waals surface area contributed by atoms with Crippen LogP contribution in [0.2, 0.25) is 0 Å². The van der Waals surface area contributed by atoms with Crippen molar-refractivity contribution in [3.8, 4) is 0 Å². The van der Waals surface area contributed by atoms with Crippen LogP contribution < -0.4 is 0 Å². The zero-order valence-electron chi connectivity index (χ0n) is 4.32. The lowest BCUT2D eigenvalue weighted by Crippen LogP contribution is -2.06. The summed E-state index contributed by atoms with van der Waals surface area (Å²) in [6.07, 6.45) is 1.05. The Bertz CT molecular complexity index is 43.3. The van der Waals surface area contributed by atoms with Gasteiger partial charge in [-0.15, -0.1) is 0 Å². The molecule has 0 aliphatic carbocycles. The van der Waals surface area contributed by atoms with Gasteiger partial charge in [0.25, 0.3) is 0 Å². The molecule has 0 aromatic carbocycles. The maximum Gasteiger partial charge on any atom is 0.0225 e. The van der Waals surface area contributed by atoms with Gasteiger partial charge in [0, 0.05) is 7.85 Å². The van der Waals surface area contributed by atoms with Crippen LogP contribution in [-0.4, -0.2) is 7.85 Å². The molecule has 43 valence electrons. The predicted octanol–water partition coefficient (Wildman–Crippen LogP) is 2.84. The lowest BCUT2D eigenvalue weighted by Gasteiger charge is -2.06. The van der Waals surface area contributed by atoms with Crippen LogP contribution in [-0.2, 0) is 0 Å².